The fraction of sp³-hybridized carbons (Fsp3) is 0.136. The second-order valence-electron chi connectivity index (χ2n) is 6.14. The van der Waals surface area contributed by atoms with Crippen molar-refractivity contribution < 1.29 is 4.79 Å². The van der Waals surface area contributed by atoms with Gasteiger partial charge in [0.1, 0.15) is 0 Å². The Bertz CT molecular complexity index is 883. The van der Waals surface area contributed by atoms with Gasteiger partial charge in [0.2, 0.25) is 5.91 Å². The molecule has 1 aliphatic rings. The van der Waals surface area contributed by atoms with Crippen LogP contribution in [-0.2, 0) is 11.2 Å². The number of nitrogens with zero attached hydrogens (tertiary/aromatic N) is 1. The quantitative estimate of drug-likeness (QED) is 0.616. The third kappa shape index (κ3) is 3.28. The van der Waals surface area contributed by atoms with Crippen LogP contribution in [0.25, 0.3) is 6.08 Å². The van der Waals surface area contributed by atoms with Crippen molar-refractivity contribution in [1.29, 1.82) is 0 Å². The third-order valence-corrected chi connectivity index (χ3v) is 5.58. The van der Waals surface area contributed by atoms with Crippen LogP contribution in [0.15, 0.2) is 78.2 Å². The van der Waals surface area contributed by atoms with E-state index in [1.807, 2.05) is 59.5 Å². The zero-order valence-corrected chi connectivity index (χ0v) is 14.7. The lowest BCUT2D eigenvalue weighted by atomic mass is 9.93. The molecule has 4 rings (SSSR count). The van der Waals surface area contributed by atoms with Gasteiger partial charge >= 0.3 is 0 Å². The monoisotopic (exact) mass is 345 g/mol. The summed E-state index contributed by atoms with van der Waals surface area (Å²) in [5.41, 5.74) is 3.48. The van der Waals surface area contributed by atoms with Gasteiger partial charge < -0.3 is 4.90 Å². The molecule has 0 saturated heterocycles. The highest BCUT2D eigenvalue weighted by molar-refractivity contribution is 7.10. The van der Waals surface area contributed by atoms with Crippen LogP contribution in [0.1, 0.15) is 27.6 Å². The van der Waals surface area contributed by atoms with Gasteiger partial charge in [-0.1, -0.05) is 60.7 Å². The third-order valence-electron chi connectivity index (χ3n) is 4.58. The van der Waals surface area contributed by atoms with E-state index >= 15 is 0 Å². The Labute approximate surface area is 152 Å². The van der Waals surface area contributed by atoms with Gasteiger partial charge in [-0.25, -0.2) is 0 Å². The molecule has 1 unspecified atom stereocenters. The highest BCUT2D eigenvalue weighted by Gasteiger charge is 2.31. The van der Waals surface area contributed by atoms with Gasteiger partial charge in [-0.3, -0.25) is 4.79 Å². The molecule has 1 atom stereocenters. The van der Waals surface area contributed by atoms with Crippen molar-refractivity contribution in [3.8, 4) is 0 Å². The number of hydrogen-bond donors (Lipinski definition) is 0. The van der Waals surface area contributed by atoms with E-state index < -0.39 is 0 Å². The number of amides is 1. The van der Waals surface area contributed by atoms with Crippen molar-refractivity contribution in [2.75, 3.05) is 6.54 Å². The second-order valence-corrected chi connectivity index (χ2v) is 7.14. The van der Waals surface area contributed by atoms with E-state index in [2.05, 4.69) is 23.6 Å². The summed E-state index contributed by atoms with van der Waals surface area (Å²) >= 11 is 1.79. The lowest BCUT2D eigenvalue weighted by Gasteiger charge is -2.35. The lowest BCUT2D eigenvalue weighted by molar-refractivity contribution is -0.127. The van der Waals surface area contributed by atoms with Crippen molar-refractivity contribution in [3.05, 3.63) is 99.8 Å². The van der Waals surface area contributed by atoms with Crippen LogP contribution in [-0.4, -0.2) is 17.4 Å². The fourth-order valence-corrected chi connectivity index (χ4v) is 4.28. The van der Waals surface area contributed by atoms with Crippen molar-refractivity contribution in [2.45, 2.75) is 12.5 Å². The number of fused-ring (bicyclic) bond motifs is 1. The Balaban J connectivity index is 1.66. The predicted molar refractivity (Wildman–Crippen MR) is 103 cm³/mol. The first kappa shape index (κ1) is 15.9. The molecule has 0 N–H and O–H groups in total. The van der Waals surface area contributed by atoms with E-state index in [0.29, 0.717) is 0 Å². The summed E-state index contributed by atoms with van der Waals surface area (Å²) in [5, 5.41) is 2.13. The molecule has 0 aliphatic carbocycles. The molecule has 1 aliphatic heterocycles. The van der Waals surface area contributed by atoms with E-state index in [9.17, 15) is 4.79 Å². The molecule has 0 spiro atoms. The standard InChI is InChI=1S/C22H19NOS/c24-21(12-11-17-7-3-1-4-8-17)23-15-13-20-19(14-16-25-20)22(23)18-9-5-2-6-10-18/h1-12,14,16,22H,13,15H2. The predicted octanol–water partition coefficient (Wildman–Crippen LogP) is 4.94. The van der Waals surface area contributed by atoms with Gasteiger partial charge in [0.05, 0.1) is 6.04 Å². The van der Waals surface area contributed by atoms with E-state index in [4.69, 9.17) is 0 Å². The highest BCUT2D eigenvalue weighted by atomic mass is 32.1. The van der Waals surface area contributed by atoms with Gasteiger partial charge in [0, 0.05) is 17.5 Å². The maximum absolute atomic E-state index is 12.9. The molecule has 3 aromatic rings. The molecule has 3 heteroatoms. The largest absolute Gasteiger partial charge is 0.328 e. The number of rotatable bonds is 3. The van der Waals surface area contributed by atoms with Gasteiger partial charge in [-0.05, 0) is 40.6 Å². The first-order valence-electron chi connectivity index (χ1n) is 8.48. The number of benzene rings is 2. The van der Waals surface area contributed by atoms with Crippen LogP contribution >= 0.6 is 11.3 Å². The van der Waals surface area contributed by atoms with Gasteiger partial charge in [-0.15, -0.1) is 11.3 Å². The number of thiophene rings is 1. The van der Waals surface area contributed by atoms with Crippen molar-refractivity contribution in [1.82, 2.24) is 4.90 Å². The van der Waals surface area contributed by atoms with Gasteiger partial charge in [-0.2, -0.15) is 0 Å². The molecule has 2 heterocycles. The fourth-order valence-electron chi connectivity index (χ4n) is 3.38. The van der Waals surface area contributed by atoms with Crippen LogP contribution < -0.4 is 0 Å². The van der Waals surface area contributed by atoms with E-state index in [1.165, 1.54) is 16.0 Å². The minimum Gasteiger partial charge on any atom is -0.328 e. The van der Waals surface area contributed by atoms with Crippen molar-refractivity contribution in [2.24, 2.45) is 0 Å². The maximum Gasteiger partial charge on any atom is 0.247 e. The molecule has 25 heavy (non-hydrogen) atoms. The number of carbonyl (C=O) groups excluding carboxylic acids is 1. The zero-order chi connectivity index (χ0) is 17.1. The van der Waals surface area contributed by atoms with E-state index in [0.717, 1.165) is 18.5 Å². The summed E-state index contributed by atoms with van der Waals surface area (Å²) in [6.07, 6.45) is 4.53. The SMILES string of the molecule is O=C(C=Cc1ccccc1)N1CCc2sccc2C1c1ccccc1. The zero-order valence-electron chi connectivity index (χ0n) is 13.8. The lowest BCUT2D eigenvalue weighted by Crippen LogP contribution is -2.39. The first-order valence-corrected chi connectivity index (χ1v) is 9.36. The average Bonchev–Trinajstić information content (AvgIpc) is 3.15. The Morgan fingerprint density at radius 2 is 1.72 bits per heavy atom. The summed E-state index contributed by atoms with van der Waals surface area (Å²) in [7, 11) is 0. The Morgan fingerprint density at radius 1 is 1.00 bits per heavy atom. The molecule has 0 radical (unpaired) electrons. The molecule has 1 amide bonds. The summed E-state index contributed by atoms with van der Waals surface area (Å²) in [5.74, 6) is 0.0644. The summed E-state index contributed by atoms with van der Waals surface area (Å²) in [6, 6.07) is 22.4. The summed E-state index contributed by atoms with van der Waals surface area (Å²) in [6.45, 7) is 0.755. The molecule has 124 valence electrons. The maximum atomic E-state index is 12.9. The number of carbonyl (C=O) groups is 1. The van der Waals surface area contributed by atoms with Gasteiger partial charge in [0.15, 0.2) is 0 Å². The molecule has 2 aromatic carbocycles. The van der Waals surface area contributed by atoms with Crippen LogP contribution in [0, 0.1) is 0 Å². The van der Waals surface area contributed by atoms with Crippen LogP contribution in [0.4, 0.5) is 0 Å². The van der Waals surface area contributed by atoms with Crippen molar-refractivity contribution in [3.63, 3.8) is 0 Å². The van der Waals surface area contributed by atoms with Crippen LogP contribution in [0.3, 0.4) is 0 Å². The van der Waals surface area contributed by atoms with Crippen LogP contribution in [0.2, 0.25) is 0 Å². The molecule has 0 bridgehead atoms. The molecule has 2 nitrogen and oxygen atoms in total. The average molecular weight is 345 g/mol. The van der Waals surface area contributed by atoms with Crippen LogP contribution in [0.5, 0.6) is 0 Å². The molecular weight excluding hydrogens is 326 g/mol. The molecule has 0 fully saturated rings. The molecular formula is C22H19NOS. The summed E-state index contributed by atoms with van der Waals surface area (Å²) < 4.78 is 0. The van der Waals surface area contributed by atoms with E-state index in [1.54, 1.807) is 17.4 Å². The Morgan fingerprint density at radius 3 is 2.48 bits per heavy atom. The molecule has 1 aromatic heterocycles. The normalized spacial score (nSPS) is 16.8. The highest BCUT2D eigenvalue weighted by Crippen LogP contribution is 2.37. The Hall–Kier alpha value is -2.65. The summed E-state index contributed by atoms with van der Waals surface area (Å²) in [4.78, 5) is 16.3. The minimum absolute atomic E-state index is 0.00382. The first-order chi connectivity index (χ1) is 12.3. The second kappa shape index (κ2) is 7.08. The van der Waals surface area contributed by atoms with E-state index in [-0.39, 0.29) is 11.9 Å². The molecule has 0 saturated carbocycles. The topological polar surface area (TPSA) is 20.3 Å². The van der Waals surface area contributed by atoms with Gasteiger partial charge in [0.25, 0.3) is 0 Å². The van der Waals surface area contributed by atoms with Crippen molar-refractivity contribution >= 4 is 23.3 Å². The smallest absolute Gasteiger partial charge is 0.247 e. The Kier molecular flexibility index (Phi) is 4.49. The number of hydrogen-bond acceptors (Lipinski definition) is 2. The minimum atomic E-state index is 0.00382.